The molecule has 53 heavy (non-hydrogen) atoms. The van der Waals surface area contributed by atoms with Crippen molar-refractivity contribution in [3.8, 4) is 27.9 Å². The Bertz CT molecular complexity index is 3340. The zero-order chi connectivity index (χ0) is 35.0. The van der Waals surface area contributed by atoms with Crippen LogP contribution >= 0.6 is 0 Å². The third kappa shape index (κ3) is 3.87. The van der Waals surface area contributed by atoms with Gasteiger partial charge in [0.2, 0.25) is 0 Å². The van der Waals surface area contributed by atoms with Crippen molar-refractivity contribution in [1.29, 1.82) is 0 Å². The molecule has 0 saturated carbocycles. The van der Waals surface area contributed by atoms with E-state index in [0.717, 1.165) is 27.6 Å². The van der Waals surface area contributed by atoms with E-state index >= 15 is 0 Å². The van der Waals surface area contributed by atoms with E-state index in [-0.39, 0.29) is 5.41 Å². The van der Waals surface area contributed by atoms with Gasteiger partial charge in [-0.05, 0) is 120 Å². The Morgan fingerprint density at radius 2 is 0.943 bits per heavy atom. The SMILES string of the molecule is CC1(C)c2ccccc2-c2cc3c4ccccc4n(-c4ccc5oc6ccc(-c7ccc8c9ccccc9c9ccccc9c8c7)cc6c5c4)c3cc21. The highest BCUT2D eigenvalue weighted by Gasteiger charge is 2.36. The van der Waals surface area contributed by atoms with E-state index < -0.39 is 0 Å². The highest BCUT2D eigenvalue weighted by atomic mass is 16.3. The number of benzene rings is 9. The molecule has 11 aromatic rings. The number of fused-ring (bicyclic) bond motifs is 15. The summed E-state index contributed by atoms with van der Waals surface area (Å²) in [5.74, 6) is 0. The minimum Gasteiger partial charge on any atom is -0.456 e. The van der Waals surface area contributed by atoms with Crippen molar-refractivity contribution in [1.82, 2.24) is 4.57 Å². The zero-order valence-electron chi connectivity index (χ0n) is 29.4. The summed E-state index contributed by atoms with van der Waals surface area (Å²) >= 11 is 0. The summed E-state index contributed by atoms with van der Waals surface area (Å²) in [6.45, 7) is 4.72. The van der Waals surface area contributed by atoms with Crippen LogP contribution < -0.4 is 0 Å². The maximum atomic E-state index is 6.48. The van der Waals surface area contributed by atoms with Gasteiger partial charge in [-0.25, -0.2) is 0 Å². The number of hydrogen-bond acceptors (Lipinski definition) is 1. The predicted molar refractivity (Wildman–Crippen MR) is 224 cm³/mol. The lowest BCUT2D eigenvalue weighted by molar-refractivity contribution is 0.661. The lowest BCUT2D eigenvalue weighted by Crippen LogP contribution is -2.14. The summed E-state index contributed by atoms with van der Waals surface area (Å²) in [6.07, 6.45) is 0. The molecule has 248 valence electrons. The predicted octanol–water partition coefficient (Wildman–Crippen LogP) is 14.1. The minimum atomic E-state index is -0.0787. The van der Waals surface area contributed by atoms with Gasteiger partial charge in [0.25, 0.3) is 0 Å². The van der Waals surface area contributed by atoms with E-state index in [9.17, 15) is 0 Å². The number of hydrogen-bond donors (Lipinski definition) is 0. The highest BCUT2D eigenvalue weighted by Crippen LogP contribution is 2.51. The molecule has 0 fully saturated rings. The first-order valence-corrected chi connectivity index (χ1v) is 18.5. The zero-order valence-corrected chi connectivity index (χ0v) is 29.4. The Kier molecular flexibility index (Phi) is 5.60. The summed E-state index contributed by atoms with van der Waals surface area (Å²) in [5, 5.41) is 12.5. The van der Waals surface area contributed by atoms with E-state index in [1.165, 1.54) is 87.5 Å². The first kappa shape index (κ1) is 29.0. The van der Waals surface area contributed by atoms with Crippen LogP contribution in [0.5, 0.6) is 0 Å². The molecule has 2 heteroatoms. The number of rotatable bonds is 2. The molecule has 1 aliphatic carbocycles. The van der Waals surface area contributed by atoms with Gasteiger partial charge in [0.1, 0.15) is 11.2 Å². The van der Waals surface area contributed by atoms with Gasteiger partial charge in [0, 0.05) is 32.6 Å². The van der Waals surface area contributed by atoms with E-state index in [4.69, 9.17) is 4.42 Å². The third-order valence-corrected chi connectivity index (χ3v) is 12.2. The van der Waals surface area contributed by atoms with Crippen molar-refractivity contribution in [3.63, 3.8) is 0 Å². The highest BCUT2D eigenvalue weighted by molar-refractivity contribution is 6.26. The van der Waals surface area contributed by atoms with Crippen LogP contribution in [0.3, 0.4) is 0 Å². The molecule has 0 aliphatic heterocycles. The standard InChI is InChI=1S/C51H33NO/c1-51(2)45-17-9-7-15-38(45)41-28-42-39-16-8-10-18-47(39)52(48(42)29-46(41)51)32-21-24-50-44(27-32)43-26-31(20-23-49(43)53-50)30-19-22-37-35-13-4-3-11-33(35)34-12-5-6-14-36(34)40(37)25-30/h3-29H,1-2H3. The smallest absolute Gasteiger partial charge is 0.135 e. The molecule has 0 N–H and O–H groups in total. The van der Waals surface area contributed by atoms with Crippen LogP contribution in [0.1, 0.15) is 25.0 Å². The second kappa shape index (κ2) is 10.2. The fourth-order valence-electron chi connectivity index (χ4n) is 9.61. The minimum absolute atomic E-state index is 0.0787. The van der Waals surface area contributed by atoms with Crippen LogP contribution in [0.15, 0.2) is 168 Å². The maximum Gasteiger partial charge on any atom is 0.135 e. The molecule has 2 aromatic heterocycles. The summed E-state index contributed by atoms with van der Waals surface area (Å²) < 4.78 is 8.93. The molecule has 0 spiro atoms. The third-order valence-electron chi connectivity index (χ3n) is 12.2. The van der Waals surface area contributed by atoms with Crippen molar-refractivity contribution >= 4 is 76.1 Å². The molecule has 0 amide bonds. The molecule has 1 aliphatic rings. The molecule has 0 saturated heterocycles. The van der Waals surface area contributed by atoms with Gasteiger partial charge in [-0.2, -0.15) is 0 Å². The lowest BCUT2D eigenvalue weighted by Gasteiger charge is -2.21. The van der Waals surface area contributed by atoms with E-state index in [1.54, 1.807) is 0 Å². The quantitative estimate of drug-likeness (QED) is 0.167. The Labute approximate surface area is 306 Å². The largest absolute Gasteiger partial charge is 0.456 e. The van der Waals surface area contributed by atoms with Crippen molar-refractivity contribution in [2.45, 2.75) is 19.3 Å². The van der Waals surface area contributed by atoms with Crippen LogP contribution in [-0.2, 0) is 5.41 Å². The number of para-hydroxylation sites is 1. The topological polar surface area (TPSA) is 18.1 Å². The van der Waals surface area contributed by atoms with Crippen LogP contribution in [0.2, 0.25) is 0 Å². The summed E-state index contributed by atoms with van der Waals surface area (Å²) in [7, 11) is 0. The lowest BCUT2D eigenvalue weighted by atomic mass is 9.82. The average molecular weight is 676 g/mol. The fraction of sp³-hybridized carbons (Fsp3) is 0.0588. The van der Waals surface area contributed by atoms with Crippen LogP contribution in [0, 0.1) is 0 Å². The van der Waals surface area contributed by atoms with E-state index in [0.29, 0.717) is 0 Å². The van der Waals surface area contributed by atoms with Crippen LogP contribution in [-0.4, -0.2) is 4.57 Å². The van der Waals surface area contributed by atoms with E-state index in [1.807, 2.05) is 0 Å². The second-order valence-corrected chi connectivity index (χ2v) is 15.3. The second-order valence-electron chi connectivity index (χ2n) is 15.3. The van der Waals surface area contributed by atoms with Gasteiger partial charge >= 0.3 is 0 Å². The molecule has 9 aromatic carbocycles. The van der Waals surface area contributed by atoms with Gasteiger partial charge < -0.3 is 8.98 Å². The Morgan fingerprint density at radius 1 is 0.377 bits per heavy atom. The van der Waals surface area contributed by atoms with E-state index in [2.05, 4.69) is 182 Å². The average Bonchev–Trinajstić information content (AvgIpc) is 3.81. The monoisotopic (exact) mass is 675 g/mol. The first-order valence-electron chi connectivity index (χ1n) is 18.5. The van der Waals surface area contributed by atoms with Gasteiger partial charge in [-0.3, -0.25) is 0 Å². The maximum absolute atomic E-state index is 6.48. The molecule has 0 unspecified atom stereocenters. The molecule has 2 heterocycles. The molecule has 12 rings (SSSR count). The molecule has 0 atom stereocenters. The summed E-state index contributed by atoms with van der Waals surface area (Å²) in [4.78, 5) is 0. The van der Waals surface area contributed by atoms with Gasteiger partial charge in [-0.1, -0.05) is 123 Å². The van der Waals surface area contributed by atoms with Crippen molar-refractivity contribution in [3.05, 3.63) is 175 Å². The normalized spacial score (nSPS) is 13.6. The van der Waals surface area contributed by atoms with Crippen molar-refractivity contribution in [2.75, 3.05) is 0 Å². The molecule has 2 nitrogen and oxygen atoms in total. The van der Waals surface area contributed by atoms with Crippen LogP contribution in [0.25, 0.3) is 104 Å². The Morgan fingerprint density at radius 3 is 1.70 bits per heavy atom. The fourth-order valence-corrected chi connectivity index (χ4v) is 9.61. The number of nitrogens with zero attached hydrogens (tertiary/aromatic N) is 1. The molecular weight excluding hydrogens is 643 g/mol. The van der Waals surface area contributed by atoms with Gasteiger partial charge in [0.15, 0.2) is 0 Å². The van der Waals surface area contributed by atoms with Crippen LogP contribution in [0.4, 0.5) is 0 Å². The van der Waals surface area contributed by atoms with Gasteiger partial charge in [-0.15, -0.1) is 0 Å². The summed E-state index contributed by atoms with van der Waals surface area (Å²) in [5.41, 5.74) is 13.1. The van der Waals surface area contributed by atoms with Crippen molar-refractivity contribution in [2.24, 2.45) is 0 Å². The van der Waals surface area contributed by atoms with Crippen molar-refractivity contribution < 1.29 is 4.42 Å². The molecule has 0 radical (unpaired) electrons. The molecular formula is C51H33NO. The Hall–Kier alpha value is -6.64. The number of aromatic nitrogens is 1. The summed E-state index contributed by atoms with van der Waals surface area (Å²) in [6, 6.07) is 60.4. The molecule has 0 bridgehead atoms. The first-order chi connectivity index (χ1) is 26.0. The number of furan rings is 1. The van der Waals surface area contributed by atoms with Gasteiger partial charge in [0.05, 0.1) is 11.0 Å². The Balaban J connectivity index is 1.06.